The molecule has 0 spiro atoms. The third kappa shape index (κ3) is 11.1. The van der Waals surface area contributed by atoms with E-state index in [1.807, 2.05) is 125 Å². The molecule has 4 aromatic carbocycles. The van der Waals surface area contributed by atoms with Gasteiger partial charge in [-0.05, 0) is 112 Å². The molecular formula is C44H55NO6. The normalized spacial score (nSPS) is 21.3. The van der Waals surface area contributed by atoms with E-state index >= 15 is 0 Å². The van der Waals surface area contributed by atoms with Gasteiger partial charge in [0.05, 0.1) is 18.2 Å². The van der Waals surface area contributed by atoms with E-state index in [-0.39, 0.29) is 24.3 Å². The Morgan fingerprint density at radius 3 is 1.73 bits per heavy atom. The fourth-order valence-corrected chi connectivity index (χ4v) is 7.05. The zero-order chi connectivity index (χ0) is 36.4. The third-order valence-corrected chi connectivity index (χ3v) is 9.76. The molecule has 51 heavy (non-hydrogen) atoms. The molecule has 7 heteroatoms. The van der Waals surface area contributed by atoms with Gasteiger partial charge in [0.2, 0.25) is 0 Å². The van der Waals surface area contributed by atoms with Crippen LogP contribution in [0.3, 0.4) is 0 Å². The monoisotopic (exact) mass is 693 g/mol. The molecule has 1 saturated carbocycles. The van der Waals surface area contributed by atoms with Crippen LogP contribution >= 0.6 is 0 Å². The van der Waals surface area contributed by atoms with Gasteiger partial charge in [-0.25, -0.2) is 4.79 Å². The van der Waals surface area contributed by atoms with Crippen LogP contribution in [0.1, 0.15) is 101 Å². The lowest BCUT2D eigenvalue weighted by Crippen LogP contribution is -2.45. The molecule has 272 valence electrons. The number of benzene rings is 4. The first kappa shape index (κ1) is 37.9. The van der Waals surface area contributed by atoms with Crippen LogP contribution < -0.4 is 9.47 Å². The van der Waals surface area contributed by atoms with E-state index in [9.17, 15) is 15.0 Å². The Bertz CT molecular complexity index is 1660. The molecular weight excluding hydrogens is 638 g/mol. The Labute approximate surface area is 304 Å². The largest absolute Gasteiger partial charge is 0.489 e. The lowest BCUT2D eigenvalue weighted by atomic mass is 9.93. The minimum absolute atomic E-state index is 0.0296. The summed E-state index contributed by atoms with van der Waals surface area (Å²) in [5.74, 6) is 2.64. The average Bonchev–Trinajstić information content (AvgIpc) is 3.75. The number of amides is 1. The first-order valence-electron chi connectivity index (χ1n) is 18.4. The number of aliphatic hydroxyl groups excluding tert-OH is 2. The van der Waals surface area contributed by atoms with Crippen molar-refractivity contribution in [2.75, 3.05) is 0 Å². The van der Waals surface area contributed by atoms with Gasteiger partial charge in [-0.15, -0.1) is 0 Å². The van der Waals surface area contributed by atoms with Crippen LogP contribution in [0.4, 0.5) is 4.79 Å². The molecule has 0 unspecified atom stereocenters. The molecule has 4 aromatic rings. The fourth-order valence-electron chi connectivity index (χ4n) is 7.05. The number of carbonyl (C=O) groups excluding carboxylic acids is 1. The molecule has 0 aromatic heterocycles. The van der Waals surface area contributed by atoms with Crippen LogP contribution in [0.15, 0.2) is 109 Å². The van der Waals surface area contributed by atoms with Gasteiger partial charge in [-0.3, -0.25) is 4.90 Å². The highest BCUT2D eigenvalue weighted by molar-refractivity contribution is 5.69. The first-order valence-corrected chi connectivity index (χ1v) is 18.4. The zero-order valence-electron chi connectivity index (χ0n) is 30.8. The molecule has 0 radical (unpaired) electrons. The van der Waals surface area contributed by atoms with Crippen LogP contribution in [0.5, 0.6) is 11.5 Å². The van der Waals surface area contributed by atoms with Crippen LogP contribution in [-0.2, 0) is 18.0 Å². The maximum Gasteiger partial charge on any atom is 0.410 e. The highest BCUT2D eigenvalue weighted by atomic mass is 16.6. The second kappa shape index (κ2) is 17.7. The first-order chi connectivity index (χ1) is 24.5. The Balaban J connectivity index is 0.000000205. The zero-order valence-corrected chi connectivity index (χ0v) is 30.8. The van der Waals surface area contributed by atoms with Crippen LogP contribution in [-0.4, -0.2) is 38.9 Å². The highest BCUT2D eigenvalue weighted by Gasteiger charge is 2.41. The molecule has 2 aliphatic rings. The summed E-state index contributed by atoms with van der Waals surface area (Å²) < 4.78 is 17.3. The van der Waals surface area contributed by atoms with E-state index in [0.717, 1.165) is 59.6 Å². The average molecular weight is 694 g/mol. The number of carbonyl (C=O) groups is 1. The van der Waals surface area contributed by atoms with Gasteiger partial charge in [0.1, 0.15) is 30.3 Å². The number of likely N-dealkylation sites (tertiary alicyclic amines) is 1. The maximum absolute atomic E-state index is 12.7. The van der Waals surface area contributed by atoms with Crippen LogP contribution in [0.2, 0.25) is 0 Å². The number of ether oxygens (including phenoxy) is 3. The van der Waals surface area contributed by atoms with E-state index in [0.29, 0.717) is 24.9 Å². The van der Waals surface area contributed by atoms with Crippen LogP contribution in [0.25, 0.3) is 0 Å². The standard InChI is InChI=1S/C24H31NO4.C20H24O2/c1-17-13-14-21(25(17)23(27)29-24(2,3)4)22(26)19-11-8-12-20(15-19)28-16-18-9-6-5-7-10-18;1-15-10-11-18(12-15)20(21)17-8-5-9-19(13-17)22-14-16-6-3-2-4-7-16/h5-12,15,17,21-22,26H,13-14,16H2,1-4H3;2-9,13,15,18,20-21H,10-12,14H2,1H3/t17-,21-,22+;15-,18+,20+/m00/s1. The van der Waals surface area contributed by atoms with Crippen molar-refractivity contribution in [2.45, 2.75) is 110 Å². The third-order valence-electron chi connectivity index (χ3n) is 9.76. The van der Waals surface area contributed by atoms with Crippen molar-refractivity contribution in [2.24, 2.45) is 11.8 Å². The number of rotatable bonds is 10. The predicted octanol–water partition coefficient (Wildman–Crippen LogP) is 9.82. The lowest BCUT2D eigenvalue weighted by Gasteiger charge is -2.33. The van der Waals surface area contributed by atoms with Gasteiger partial charge in [0.15, 0.2) is 0 Å². The van der Waals surface area contributed by atoms with E-state index in [2.05, 4.69) is 19.1 Å². The molecule has 6 rings (SSSR count). The van der Waals surface area contributed by atoms with E-state index in [1.54, 1.807) is 4.90 Å². The molecule has 2 fully saturated rings. The summed E-state index contributed by atoms with van der Waals surface area (Å²) >= 11 is 0. The maximum atomic E-state index is 12.7. The smallest absolute Gasteiger partial charge is 0.410 e. The van der Waals surface area contributed by atoms with Crippen molar-refractivity contribution in [3.05, 3.63) is 131 Å². The van der Waals surface area contributed by atoms with Gasteiger partial charge < -0.3 is 24.4 Å². The molecule has 7 nitrogen and oxygen atoms in total. The summed E-state index contributed by atoms with van der Waals surface area (Å²) in [5.41, 5.74) is 3.38. The highest BCUT2D eigenvalue weighted by Crippen LogP contribution is 2.39. The Kier molecular flexibility index (Phi) is 13.2. The fraction of sp³-hybridized carbons (Fsp3) is 0.432. The summed E-state index contributed by atoms with van der Waals surface area (Å²) in [5, 5.41) is 21.7. The summed E-state index contributed by atoms with van der Waals surface area (Å²) in [4.78, 5) is 14.4. The van der Waals surface area contributed by atoms with Crippen molar-refractivity contribution < 1.29 is 29.2 Å². The number of aliphatic hydroxyl groups is 2. The topological polar surface area (TPSA) is 88.5 Å². The van der Waals surface area contributed by atoms with E-state index in [4.69, 9.17) is 14.2 Å². The van der Waals surface area contributed by atoms with Crippen molar-refractivity contribution in [3.8, 4) is 11.5 Å². The molecule has 1 heterocycles. The van der Waals surface area contributed by atoms with Gasteiger partial charge in [-0.2, -0.15) is 0 Å². The predicted molar refractivity (Wildman–Crippen MR) is 201 cm³/mol. The molecule has 1 aliphatic carbocycles. The molecule has 6 atom stereocenters. The van der Waals surface area contributed by atoms with E-state index in [1.165, 1.54) is 6.42 Å². The Morgan fingerprint density at radius 2 is 1.24 bits per heavy atom. The van der Waals surface area contributed by atoms with E-state index < -0.39 is 11.7 Å². The molecule has 2 N–H and O–H groups in total. The second-order valence-corrected chi connectivity index (χ2v) is 15.1. The lowest BCUT2D eigenvalue weighted by molar-refractivity contribution is -0.00294. The van der Waals surface area contributed by atoms with Crippen molar-refractivity contribution in [1.29, 1.82) is 0 Å². The minimum atomic E-state index is -0.798. The molecule has 1 saturated heterocycles. The summed E-state index contributed by atoms with van der Waals surface area (Å²) in [6.07, 6.45) is 3.50. The summed E-state index contributed by atoms with van der Waals surface area (Å²) in [6, 6.07) is 35.2. The number of nitrogens with zero attached hydrogens (tertiary/aromatic N) is 1. The van der Waals surface area contributed by atoms with Gasteiger partial charge in [0.25, 0.3) is 0 Å². The van der Waals surface area contributed by atoms with Gasteiger partial charge in [-0.1, -0.05) is 98.3 Å². The summed E-state index contributed by atoms with van der Waals surface area (Å²) in [6.45, 7) is 10.8. The van der Waals surface area contributed by atoms with Crippen molar-refractivity contribution in [3.63, 3.8) is 0 Å². The number of hydrogen-bond donors (Lipinski definition) is 2. The number of hydrogen-bond acceptors (Lipinski definition) is 6. The Morgan fingerprint density at radius 1 is 0.706 bits per heavy atom. The molecule has 1 amide bonds. The summed E-state index contributed by atoms with van der Waals surface area (Å²) in [7, 11) is 0. The quantitative estimate of drug-likeness (QED) is 0.172. The second-order valence-electron chi connectivity index (χ2n) is 15.1. The SMILES string of the molecule is C[C@H]1CC[C@@H]([C@H](O)c2cccc(OCc3ccccc3)c2)C1.C[C@H]1CC[C@@H]([C@H](O)c2cccc(OCc3ccccc3)c2)N1C(=O)OC(C)(C)C. The Hall–Kier alpha value is -4.33. The van der Waals surface area contributed by atoms with Crippen molar-refractivity contribution >= 4 is 6.09 Å². The van der Waals surface area contributed by atoms with Crippen molar-refractivity contribution in [1.82, 2.24) is 4.90 Å². The van der Waals surface area contributed by atoms with Gasteiger partial charge in [0, 0.05) is 6.04 Å². The van der Waals surface area contributed by atoms with Gasteiger partial charge >= 0.3 is 6.09 Å². The molecule has 1 aliphatic heterocycles. The minimum Gasteiger partial charge on any atom is -0.489 e. The van der Waals surface area contributed by atoms with Crippen LogP contribution in [0, 0.1) is 11.8 Å². The molecule has 0 bridgehead atoms.